The number of nitrogens with one attached hydrogen (secondary N) is 1. The number of anilines is 1. The molecule has 0 bridgehead atoms. The minimum atomic E-state index is -4.56. The summed E-state index contributed by atoms with van der Waals surface area (Å²) >= 11 is 6.62. The first-order valence-electron chi connectivity index (χ1n) is 5.97. The van der Waals surface area contributed by atoms with Crippen molar-refractivity contribution < 1.29 is 18.0 Å². The van der Waals surface area contributed by atoms with Crippen LogP contribution in [0.15, 0.2) is 29.2 Å². The molecule has 0 fully saturated rings. The van der Waals surface area contributed by atoms with Crippen molar-refractivity contribution in [3.8, 4) is 6.07 Å². The Hall–Kier alpha value is -2.31. The molecule has 2 aromatic rings. The predicted molar refractivity (Wildman–Crippen MR) is 78.8 cm³/mol. The van der Waals surface area contributed by atoms with Crippen molar-refractivity contribution in [1.29, 1.82) is 5.26 Å². The first-order chi connectivity index (χ1) is 10.7. The molecule has 0 aliphatic heterocycles. The highest BCUT2D eigenvalue weighted by molar-refractivity contribution is 7.18. The average molecular weight is 362 g/mol. The standard InChI is InChI=1S/C13H7ClF3N3O2S/c14-11-7(4-18)3-9(23-11)12(22)19-8-1-2-10(21)20(5-8)6-13(15,16)17/h1-3,5H,6H2,(H,19,22). The predicted octanol–water partition coefficient (Wildman–Crippen LogP) is 3.25. The van der Waals surface area contributed by atoms with Gasteiger partial charge in [-0.25, -0.2) is 0 Å². The number of carbonyl (C=O) groups is 1. The van der Waals surface area contributed by atoms with E-state index in [4.69, 9.17) is 16.9 Å². The number of carbonyl (C=O) groups excluding carboxylic acids is 1. The number of halogens is 4. The molecule has 1 N–H and O–H groups in total. The molecule has 5 nitrogen and oxygen atoms in total. The molecule has 0 aliphatic rings. The molecule has 0 saturated carbocycles. The second-order valence-electron chi connectivity index (χ2n) is 4.36. The third-order valence-corrected chi connectivity index (χ3v) is 3.98. The highest BCUT2D eigenvalue weighted by Crippen LogP contribution is 2.27. The number of thiophene rings is 1. The van der Waals surface area contributed by atoms with E-state index < -0.39 is 24.2 Å². The molecule has 0 unspecified atom stereocenters. The molecule has 0 saturated heterocycles. The lowest BCUT2D eigenvalue weighted by Gasteiger charge is -2.11. The summed E-state index contributed by atoms with van der Waals surface area (Å²) in [6.07, 6.45) is -3.66. The number of nitriles is 1. The number of pyridine rings is 1. The van der Waals surface area contributed by atoms with Gasteiger partial charge in [0, 0.05) is 12.3 Å². The van der Waals surface area contributed by atoms with Gasteiger partial charge in [-0.3, -0.25) is 9.59 Å². The van der Waals surface area contributed by atoms with Crippen LogP contribution in [-0.2, 0) is 6.54 Å². The lowest BCUT2D eigenvalue weighted by Crippen LogP contribution is -2.27. The zero-order valence-corrected chi connectivity index (χ0v) is 12.7. The van der Waals surface area contributed by atoms with E-state index in [9.17, 15) is 22.8 Å². The van der Waals surface area contributed by atoms with E-state index in [0.29, 0.717) is 4.57 Å². The van der Waals surface area contributed by atoms with Crippen molar-refractivity contribution in [2.24, 2.45) is 0 Å². The fraction of sp³-hybridized carbons (Fsp3) is 0.154. The maximum atomic E-state index is 12.4. The smallest absolute Gasteiger partial charge is 0.320 e. The van der Waals surface area contributed by atoms with Crippen LogP contribution in [0.1, 0.15) is 15.2 Å². The number of hydrogen-bond donors (Lipinski definition) is 1. The normalized spacial score (nSPS) is 11.1. The fourth-order valence-electron chi connectivity index (χ4n) is 1.67. The quantitative estimate of drug-likeness (QED) is 0.911. The van der Waals surface area contributed by atoms with Gasteiger partial charge in [-0.1, -0.05) is 11.6 Å². The van der Waals surface area contributed by atoms with Crippen LogP contribution in [0.25, 0.3) is 0 Å². The van der Waals surface area contributed by atoms with E-state index in [2.05, 4.69) is 5.32 Å². The Morgan fingerprint density at radius 2 is 2.13 bits per heavy atom. The summed E-state index contributed by atoms with van der Waals surface area (Å²) < 4.78 is 37.7. The van der Waals surface area contributed by atoms with Gasteiger partial charge in [0.15, 0.2) is 0 Å². The first kappa shape index (κ1) is 17.1. The summed E-state index contributed by atoms with van der Waals surface area (Å²) in [4.78, 5) is 23.5. The molecule has 23 heavy (non-hydrogen) atoms. The third kappa shape index (κ3) is 4.34. The monoisotopic (exact) mass is 361 g/mol. The number of aromatic nitrogens is 1. The van der Waals surface area contributed by atoms with E-state index in [1.807, 2.05) is 0 Å². The van der Waals surface area contributed by atoms with Gasteiger partial charge in [-0.15, -0.1) is 11.3 Å². The van der Waals surface area contributed by atoms with Crippen LogP contribution in [0.2, 0.25) is 4.34 Å². The van der Waals surface area contributed by atoms with Crippen LogP contribution in [0.5, 0.6) is 0 Å². The molecular formula is C13H7ClF3N3O2S. The summed E-state index contributed by atoms with van der Waals surface area (Å²) in [5.74, 6) is -0.643. The van der Waals surface area contributed by atoms with Crippen LogP contribution in [0, 0.1) is 11.3 Å². The Labute approximate surface area is 136 Å². The second-order valence-corrected chi connectivity index (χ2v) is 6.02. The van der Waals surface area contributed by atoms with Gasteiger partial charge in [-0.05, 0) is 12.1 Å². The fourth-order valence-corrected chi connectivity index (χ4v) is 2.75. The Bertz CT molecular complexity index is 851. The lowest BCUT2D eigenvalue weighted by atomic mass is 10.3. The minimum Gasteiger partial charge on any atom is -0.320 e. The lowest BCUT2D eigenvalue weighted by molar-refractivity contribution is -0.141. The van der Waals surface area contributed by atoms with Crippen molar-refractivity contribution in [2.45, 2.75) is 12.7 Å². The zero-order valence-electron chi connectivity index (χ0n) is 11.1. The van der Waals surface area contributed by atoms with Crippen LogP contribution < -0.4 is 10.9 Å². The van der Waals surface area contributed by atoms with Gasteiger partial charge in [0.05, 0.1) is 16.1 Å². The van der Waals surface area contributed by atoms with Crippen LogP contribution in [0.3, 0.4) is 0 Å². The highest BCUT2D eigenvalue weighted by atomic mass is 35.5. The molecule has 120 valence electrons. The van der Waals surface area contributed by atoms with Crippen molar-refractivity contribution in [3.63, 3.8) is 0 Å². The summed E-state index contributed by atoms with van der Waals surface area (Å²) in [5, 5.41) is 11.1. The number of nitrogens with zero attached hydrogens (tertiary/aromatic N) is 2. The van der Waals surface area contributed by atoms with Gasteiger partial charge in [-0.2, -0.15) is 18.4 Å². The van der Waals surface area contributed by atoms with Crippen molar-refractivity contribution in [2.75, 3.05) is 5.32 Å². The molecule has 0 atom stereocenters. The summed E-state index contributed by atoms with van der Waals surface area (Å²) in [5.41, 5.74) is -0.697. The molecule has 2 heterocycles. The SMILES string of the molecule is N#Cc1cc(C(=O)Nc2ccc(=O)n(CC(F)(F)F)c2)sc1Cl. The van der Waals surface area contributed by atoms with E-state index in [0.717, 1.165) is 23.6 Å². The molecule has 1 amide bonds. The van der Waals surface area contributed by atoms with E-state index in [1.54, 1.807) is 6.07 Å². The maximum absolute atomic E-state index is 12.4. The summed E-state index contributed by atoms with van der Waals surface area (Å²) in [6, 6.07) is 5.18. The van der Waals surface area contributed by atoms with Crippen molar-refractivity contribution in [3.05, 3.63) is 49.5 Å². The summed E-state index contributed by atoms with van der Waals surface area (Å²) in [7, 11) is 0. The van der Waals surface area contributed by atoms with Crippen LogP contribution >= 0.6 is 22.9 Å². The Morgan fingerprint density at radius 1 is 1.43 bits per heavy atom. The van der Waals surface area contributed by atoms with Gasteiger partial charge >= 0.3 is 6.18 Å². The van der Waals surface area contributed by atoms with Crippen LogP contribution in [-0.4, -0.2) is 16.7 Å². The molecular weight excluding hydrogens is 355 g/mol. The Kier molecular flexibility index (Phi) is 4.77. The van der Waals surface area contributed by atoms with Gasteiger partial charge < -0.3 is 9.88 Å². The highest BCUT2D eigenvalue weighted by Gasteiger charge is 2.28. The Morgan fingerprint density at radius 3 is 2.70 bits per heavy atom. The van der Waals surface area contributed by atoms with Crippen molar-refractivity contribution in [1.82, 2.24) is 4.57 Å². The molecule has 0 radical (unpaired) electrons. The average Bonchev–Trinajstić information content (AvgIpc) is 2.82. The van der Waals surface area contributed by atoms with E-state index >= 15 is 0 Å². The number of hydrogen-bond acceptors (Lipinski definition) is 4. The van der Waals surface area contributed by atoms with Gasteiger partial charge in [0.25, 0.3) is 11.5 Å². The molecule has 0 aliphatic carbocycles. The largest absolute Gasteiger partial charge is 0.406 e. The molecule has 2 rings (SSSR count). The minimum absolute atomic E-state index is 0.0156. The van der Waals surface area contributed by atoms with E-state index in [1.165, 1.54) is 12.1 Å². The van der Waals surface area contributed by atoms with Gasteiger partial charge in [0.1, 0.15) is 17.0 Å². The Balaban J connectivity index is 2.23. The van der Waals surface area contributed by atoms with Crippen LogP contribution in [0.4, 0.5) is 18.9 Å². The third-order valence-electron chi connectivity index (χ3n) is 2.62. The first-order valence-corrected chi connectivity index (χ1v) is 7.17. The molecule has 2 aromatic heterocycles. The topological polar surface area (TPSA) is 74.9 Å². The number of rotatable bonds is 3. The van der Waals surface area contributed by atoms with Gasteiger partial charge in [0.2, 0.25) is 0 Å². The molecule has 10 heteroatoms. The maximum Gasteiger partial charge on any atom is 0.406 e. The zero-order chi connectivity index (χ0) is 17.2. The summed E-state index contributed by atoms with van der Waals surface area (Å²) in [6.45, 7) is -1.46. The molecule has 0 spiro atoms. The second kappa shape index (κ2) is 6.44. The number of amides is 1. The van der Waals surface area contributed by atoms with E-state index in [-0.39, 0.29) is 20.5 Å². The van der Waals surface area contributed by atoms with Crippen molar-refractivity contribution >= 4 is 34.5 Å². The molecule has 0 aromatic carbocycles. The number of alkyl halides is 3.